The molecule has 1 aromatic carbocycles. The van der Waals surface area contributed by atoms with Crippen molar-refractivity contribution in [3.63, 3.8) is 0 Å². The SMILES string of the molecule is NCC1(N2CCCC3CCCC32)Cc2ccccc2C1. The number of nitrogens with zero attached hydrogens (tertiary/aromatic N) is 1. The molecule has 1 heterocycles. The van der Waals surface area contributed by atoms with Crippen LogP contribution >= 0.6 is 0 Å². The Hall–Kier alpha value is -0.860. The van der Waals surface area contributed by atoms with Crippen molar-refractivity contribution in [3.8, 4) is 0 Å². The lowest BCUT2D eigenvalue weighted by atomic mass is 9.84. The molecule has 1 aliphatic heterocycles. The van der Waals surface area contributed by atoms with E-state index >= 15 is 0 Å². The number of fused-ring (bicyclic) bond motifs is 2. The van der Waals surface area contributed by atoms with Gasteiger partial charge in [-0.15, -0.1) is 0 Å². The van der Waals surface area contributed by atoms with E-state index in [4.69, 9.17) is 5.73 Å². The number of piperidine rings is 1. The van der Waals surface area contributed by atoms with Gasteiger partial charge in [-0.05, 0) is 62.1 Å². The minimum atomic E-state index is 0.220. The van der Waals surface area contributed by atoms with Crippen LogP contribution in [0.2, 0.25) is 0 Å². The van der Waals surface area contributed by atoms with E-state index in [2.05, 4.69) is 29.2 Å². The van der Waals surface area contributed by atoms with Crippen LogP contribution in [0.1, 0.15) is 43.2 Å². The highest BCUT2D eigenvalue weighted by Crippen LogP contribution is 2.44. The molecule has 1 saturated carbocycles. The summed E-state index contributed by atoms with van der Waals surface area (Å²) < 4.78 is 0. The van der Waals surface area contributed by atoms with E-state index in [9.17, 15) is 0 Å². The van der Waals surface area contributed by atoms with Crippen LogP contribution in [0.4, 0.5) is 0 Å². The zero-order valence-electron chi connectivity index (χ0n) is 12.4. The van der Waals surface area contributed by atoms with Crippen molar-refractivity contribution < 1.29 is 0 Å². The van der Waals surface area contributed by atoms with Gasteiger partial charge in [0.2, 0.25) is 0 Å². The van der Waals surface area contributed by atoms with Crippen molar-refractivity contribution in [3.05, 3.63) is 35.4 Å². The first-order valence-electron chi connectivity index (χ1n) is 8.36. The predicted molar refractivity (Wildman–Crippen MR) is 82.7 cm³/mol. The Balaban J connectivity index is 1.65. The lowest BCUT2D eigenvalue weighted by molar-refractivity contribution is 0.00882. The Labute approximate surface area is 122 Å². The van der Waals surface area contributed by atoms with E-state index in [-0.39, 0.29) is 5.54 Å². The van der Waals surface area contributed by atoms with Crippen LogP contribution in [0.15, 0.2) is 24.3 Å². The normalized spacial score (nSPS) is 32.0. The minimum absolute atomic E-state index is 0.220. The Bertz CT molecular complexity index is 471. The summed E-state index contributed by atoms with van der Waals surface area (Å²) in [6, 6.07) is 9.80. The fourth-order valence-corrected chi connectivity index (χ4v) is 5.18. The van der Waals surface area contributed by atoms with E-state index in [0.717, 1.165) is 18.5 Å². The van der Waals surface area contributed by atoms with Gasteiger partial charge in [0.25, 0.3) is 0 Å². The Morgan fingerprint density at radius 3 is 2.45 bits per heavy atom. The number of nitrogens with two attached hydrogens (primary N) is 1. The number of benzene rings is 1. The average molecular weight is 270 g/mol. The molecule has 0 radical (unpaired) electrons. The standard InChI is InChI=1S/C18H26N2/c19-13-18(11-15-5-1-2-6-16(15)12-18)20-10-4-8-14-7-3-9-17(14)20/h1-2,5-6,14,17H,3-4,7-13,19H2. The van der Waals surface area contributed by atoms with Crippen molar-refractivity contribution in [1.29, 1.82) is 0 Å². The lowest BCUT2D eigenvalue weighted by Crippen LogP contribution is -2.61. The molecule has 0 bridgehead atoms. The van der Waals surface area contributed by atoms with Crippen LogP contribution < -0.4 is 5.73 Å². The van der Waals surface area contributed by atoms with Crippen molar-refractivity contribution in [2.24, 2.45) is 11.7 Å². The summed E-state index contributed by atoms with van der Waals surface area (Å²) in [6.45, 7) is 2.08. The third-order valence-corrected chi connectivity index (χ3v) is 6.14. The molecule has 4 rings (SSSR count). The zero-order chi connectivity index (χ0) is 13.6. The third-order valence-electron chi connectivity index (χ3n) is 6.14. The quantitative estimate of drug-likeness (QED) is 0.895. The summed E-state index contributed by atoms with van der Waals surface area (Å²) in [7, 11) is 0. The maximum absolute atomic E-state index is 6.32. The molecule has 0 spiro atoms. The van der Waals surface area contributed by atoms with Gasteiger partial charge in [-0.2, -0.15) is 0 Å². The minimum Gasteiger partial charge on any atom is -0.329 e. The third kappa shape index (κ3) is 1.85. The van der Waals surface area contributed by atoms with Crippen molar-refractivity contribution in [1.82, 2.24) is 4.90 Å². The molecule has 2 unspecified atom stereocenters. The first kappa shape index (κ1) is 12.8. The molecule has 2 aliphatic carbocycles. The molecule has 1 aromatic rings. The summed E-state index contributed by atoms with van der Waals surface area (Å²) in [5, 5.41) is 0. The summed E-state index contributed by atoms with van der Waals surface area (Å²) in [5.74, 6) is 0.955. The summed E-state index contributed by atoms with van der Waals surface area (Å²) >= 11 is 0. The summed E-state index contributed by atoms with van der Waals surface area (Å²) in [4.78, 5) is 2.84. The van der Waals surface area contributed by atoms with E-state index in [1.54, 1.807) is 0 Å². The van der Waals surface area contributed by atoms with Gasteiger partial charge in [0.15, 0.2) is 0 Å². The highest BCUT2D eigenvalue weighted by molar-refractivity contribution is 5.37. The van der Waals surface area contributed by atoms with Gasteiger partial charge in [-0.3, -0.25) is 4.90 Å². The van der Waals surface area contributed by atoms with Crippen LogP contribution in [0.3, 0.4) is 0 Å². The van der Waals surface area contributed by atoms with Crippen molar-refractivity contribution in [2.45, 2.75) is 56.5 Å². The maximum atomic E-state index is 6.32. The number of rotatable bonds is 2. The average Bonchev–Trinajstić information content (AvgIpc) is 3.11. The van der Waals surface area contributed by atoms with Crippen LogP contribution in [0.5, 0.6) is 0 Å². The van der Waals surface area contributed by atoms with Crippen LogP contribution in [-0.2, 0) is 12.8 Å². The second kappa shape index (κ2) is 4.85. The fraction of sp³-hybridized carbons (Fsp3) is 0.667. The highest BCUT2D eigenvalue weighted by Gasteiger charge is 2.47. The van der Waals surface area contributed by atoms with Crippen LogP contribution in [0.25, 0.3) is 0 Å². The number of likely N-dealkylation sites (tertiary alicyclic amines) is 1. The van der Waals surface area contributed by atoms with Gasteiger partial charge in [-0.25, -0.2) is 0 Å². The van der Waals surface area contributed by atoms with Crippen LogP contribution in [0, 0.1) is 5.92 Å². The zero-order valence-corrected chi connectivity index (χ0v) is 12.4. The molecule has 0 aromatic heterocycles. The van der Waals surface area contributed by atoms with Gasteiger partial charge in [-0.1, -0.05) is 30.7 Å². The Morgan fingerprint density at radius 1 is 1.05 bits per heavy atom. The molecule has 1 saturated heterocycles. The molecule has 2 nitrogen and oxygen atoms in total. The first-order valence-corrected chi connectivity index (χ1v) is 8.36. The molecule has 20 heavy (non-hydrogen) atoms. The molecular weight excluding hydrogens is 244 g/mol. The Kier molecular flexibility index (Phi) is 3.12. The predicted octanol–water partition coefficient (Wildman–Crippen LogP) is 2.75. The number of hydrogen-bond acceptors (Lipinski definition) is 2. The second-order valence-corrected chi connectivity index (χ2v) is 7.14. The second-order valence-electron chi connectivity index (χ2n) is 7.14. The van der Waals surface area contributed by atoms with Gasteiger partial charge in [0, 0.05) is 18.1 Å². The van der Waals surface area contributed by atoms with E-state index < -0.39 is 0 Å². The molecule has 0 amide bonds. The number of hydrogen-bond donors (Lipinski definition) is 1. The van der Waals surface area contributed by atoms with Gasteiger partial charge >= 0.3 is 0 Å². The van der Waals surface area contributed by atoms with E-state index in [0.29, 0.717) is 0 Å². The molecule has 2 atom stereocenters. The largest absolute Gasteiger partial charge is 0.329 e. The van der Waals surface area contributed by atoms with Gasteiger partial charge in [0.05, 0.1) is 0 Å². The van der Waals surface area contributed by atoms with Gasteiger partial charge < -0.3 is 5.73 Å². The Morgan fingerprint density at radius 2 is 1.75 bits per heavy atom. The molecule has 2 N–H and O–H groups in total. The molecule has 2 heteroatoms. The highest BCUT2D eigenvalue weighted by atomic mass is 15.3. The van der Waals surface area contributed by atoms with Crippen molar-refractivity contribution >= 4 is 0 Å². The van der Waals surface area contributed by atoms with Crippen LogP contribution in [-0.4, -0.2) is 29.6 Å². The smallest absolute Gasteiger partial charge is 0.0415 e. The monoisotopic (exact) mass is 270 g/mol. The maximum Gasteiger partial charge on any atom is 0.0415 e. The van der Waals surface area contributed by atoms with E-state index in [1.165, 1.54) is 62.6 Å². The summed E-state index contributed by atoms with van der Waals surface area (Å²) in [6.07, 6.45) is 9.46. The lowest BCUT2D eigenvalue weighted by Gasteiger charge is -2.49. The molecule has 2 fully saturated rings. The topological polar surface area (TPSA) is 29.3 Å². The van der Waals surface area contributed by atoms with Gasteiger partial charge in [0.1, 0.15) is 0 Å². The molecule has 108 valence electrons. The molecular formula is C18H26N2. The first-order chi connectivity index (χ1) is 9.82. The van der Waals surface area contributed by atoms with Crippen molar-refractivity contribution in [2.75, 3.05) is 13.1 Å². The fourth-order valence-electron chi connectivity index (χ4n) is 5.18. The van der Waals surface area contributed by atoms with E-state index in [1.807, 2.05) is 0 Å². The molecule has 3 aliphatic rings. The summed E-state index contributed by atoms with van der Waals surface area (Å²) in [5.41, 5.74) is 9.62.